The summed E-state index contributed by atoms with van der Waals surface area (Å²) in [5.74, 6) is 1.62. The number of aliphatic hydroxyl groups is 1. The number of benzene rings is 2. The van der Waals surface area contributed by atoms with E-state index in [1.54, 1.807) is 13.1 Å². The van der Waals surface area contributed by atoms with E-state index in [4.69, 9.17) is 20.9 Å². The third-order valence-corrected chi connectivity index (χ3v) is 6.59. The lowest BCUT2D eigenvalue weighted by molar-refractivity contribution is 0.189. The van der Waals surface area contributed by atoms with E-state index in [9.17, 15) is 5.11 Å². The Morgan fingerprint density at radius 3 is 2.97 bits per heavy atom. The van der Waals surface area contributed by atoms with Crippen LogP contribution in [-0.4, -0.2) is 21.8 Å². The fraction of sp³-hybridized carbons (Fsp3) is 0.280. The minimum Gasteiger partial charge on any atom is -0.481 e. The van der Waals surface area contributed by atoms with Crippen molar-refractivity contribution in [3.8, 4) is 16.9 Å². The Labute approximate surface area is 190 Å². The number of hydrogen-bond donors (Lipinski definition) is 2. The molecule has 0 aliphatic carbocycles. The van der Waals surface area contributed by atoms with Gasteiger partial charge in [0.05, 0.1) is 17.3 Å². The number of ether oxygens (including phenoxy) is 1. The van der Waals surface area contributed by atoms with Crippen molar-refractivity contribution in [1.82, 2.24) is 15.5 Å². The average Bonchev–Trinajstić information content (AvgIpc) is 3.41. The van der Waals surface area contributed by atoms with Crippen LogP contribution in [-0.2, 0) is 19.4 Å². The molecule has 7 heteroatoms. The molecule has 162 valence electrons. The number of pyridine rings is 1. The first-order valence-corrected chi connectivity index (χ1v) is 11.2. The lowest BCUT2D eigenvalue weighted by Gasteiger charge is -2.15. The van der Waals surface area contributed by atoms with Crippen molar-refractivity contribution >= 4 is 22.5 Å². The van der Waals surface area contributed by atoms with E-state index in [1.807, 2.05) is 36.4 Å². The average molecular weight is 448 g/mol. The van der Waals surface area contributed by atoms with Crippen molar-refractivity contribution in [3.05, 3.63) is 75.8 Å². The number of fused-ring (bicyclic) bond motifs is 3. The zero-order valence-electron chi connectivity index (χ0n) is 17.6. The van der Waals surface area contributed by atoms with E-state index in [1.165, 1.54) is 0 Å². The van der Waals surface area contributed by atoms with Gasteiger partial charge in [0, 0.05) is 59.2 Å². The van der Waals surface area contributed by atoms with Gasteiger partial charge in [-0.3, -0.25) is 4.98 Å². The lowest BCUT2D eigenvalue weighted by Crippen LogP contribution is -2.24. The highest BCUT2D eigenvalue weighted by Gasteiger charge is 2.34. The number of hydrogen-bond acceptors (Lipinski definition) is 6. The third-order valence-electron chi connectivity index (χ3n) is 6.37. The Balaban J connectivity index is 1.44. The summed E-state index contributed by atoms with van der Waals surface area (Å²) >= 11 is 6.53. The Bertz CT molecular complexity index is 1350. The van der Waals surface area contributed by atoms with Gasteiger partial charge in [-0.1, -0.05) is 28.9 Å². The number of aromatic nitrogens is 2. The highest BCUT2D eigenvalue weighted by atomic mass is 35.5. The summed E-state index contributed by atoms with van der Waals surface area (Å²) in [6, 6.07) is 11.7. The van der Waals surface area contributed by atoms with Crippen LogP contribution in [0, 0.1) is 0 Å². The monoisotopic (exact) mass is 447 g/mol. The van der Waals surface area contributed by atoms with Crippen LogP contribution in [0.2, 0.25) is 5.02 Å². The van der Waals surface area contributed by atoms with E-state index in [2.05, 4.69) is 15.5 Å². The van der Waals surface area contributed by atoms with E-state index in [0.29, 0.717) is 11.4 Å². The van der Waals surface area contributed by atoms with E-state index < -0.39 is 6.10 Å². The number of nitrogens with zero attached hydrogens (tertiary/aromatic N) is 2. The molecule has 4 heterocycles. The molecule has 0 amide bonds. The maximum Gasteiger partial charge on any atom is 0.182 e. The SMILES string of the molecule is CC(O)c1ccc2c(-c3cc(Cl)cc4c3O[C@@H](c3onc5c3CNCC5)C4)ccnc2c1. The molecule has 0 fully saturated rings. The zero-order valence-corrected chi connectivity index (χ0v) is 18.3. The molecular weight excluding hydrogens is 426 g/mol. The van der Waals surface area contributed by atoms with Crippen molar-refractivity contribution in [2.24, 2.45) is 0 Å². The van der Waals surface area contributed by atoms with Gasteiger partial charge in [0.1, 0.15) is 5.75 Å². The van der Waals surface area contributed by atoms with E-state index in [-0.39, 0.29) is 6.10 Å². The van der Waals surface area contributed by atoms with Crippen LogP contribution < -0.4 is 10.1 Å². The first-order valence-electron chi connectivity index (χ1n) is 10.8. The minimum absolute atomic E-state index is 0.228. The van der Waals surface area contributed by atoms with Gasteiger partial charge >= 0.3 is 0 Å². The summed E-state index contributed by atoms with van der Waals surface area (Å²) in [5.41, 5.74) is 6.76. The summed E-state index contributed by atoms with van der Waals surface area (Å²) in [4.78, 5) is 4.52. The Kier molecular flexibility index (Phi) is 4.68. The molecular formula is C25H22ClN3O3. The van der Waals surface area contributed by atoms with Gasteiger partial charge < -0.3 is 19.7 Å². The maximum absolute atomic E-state index is 9.95. The quantitative estimate of drug-likeness (QED) is 0.464. The number of nitrogens with one attached hydrogen (secondary N) is 1. The third kappa shape index (κ3) is 3.18. The molecule has 2 aliphatic heterocycles. The molecule has 0 radical (unpaired) electrons. The fourth-order valence-electron chi connectivity index (χ4n) is 4.75. The maximum atomic E-state index is 9.95. The number of halogens is 1. The molecule has 1 unspecified atom stereocenters. The summed E-state index contributed by atoms with van der Waals surface area (Å²) in [5, 5.41) is 19.3. The molecule has 2 N–H and O–H groups in total. The molecule has 4 aromatic rings. The summed E-state index contributed by atoms with van der Waals surface area (Å²) in [6.45, 7) is 3.41. The van der Waals surface area contributed by atoms with Gasteiger partial charge in [0.2, 0.25) is 0 Å². The molecule has 6 rings (SSSR count). The van der Waals surface area contributed by atoms with Crippen LogP contribution in [0.1, 0.15) is 47.3 Å². The van der Waals surface area contributed by atoms with Gasteiger partial charge in [-0.15, -0.1) is 0 Å². The van der Waals surface area contributed by atoms with Crippen LogP contribution in [0.5, 0.6) is 5.75 Å². The second kappa shape index (κ2) is 7.59. The molecule has 0 saturated carbocycles. The molecule has 2 atom stereocenters. The Morgan fingerprint density at radius 1 is 1.19 bits per heavy atom. The second-order valence-corrected chi connectivity index (χ2v) is 8.90. The van der Waals surface area contributed by atoms with Gasteiger partial charge in [0.25, 0.3) is 0 Å². The van der Waals surface area contributed by atoms with E-state index >= 15 is 0 Å². The van der Waals surface area contributed by atoms with Gasteiger partial charge in [-0.2, -0.15) is 0 Å². The number of rotatable bonds is 3. The largest absolute Gasteiger partial charge is 0.481 e. The second-order valence-electron chi connectivity index (χ2n) is 8.46. The van der Waals surface area contributed by atoms with Crippen LogP contribution in [0.3, 0.4) is 0 Å². The summed E-state index contributed by atoms with van der Waals surface area (Å²) in [7, 11) is 0. The molecule has 0 saturated heterocycles. The highest BCUT2D eigenvalue weighted by molar-refractivity contribution is 6.31. The molecule has 2 aliphatic rings. The number of aliphatic hydroxyl groups excluding tert-OH is 1. The standard InChI is InChI=1S/C25H22ClN3O3/c1-13(30)14-2-3-18-17(4-7-28-22(18)9-14)19-11-16(26)8-15-10-23(31-24(15)19)25-20-12-27-6-5-21(20)29-32-25/h2-4,7-9,11,13,23,27,30H,5-6,10,12H2,1H3/t13?,23-/m1/s1. The zero-order chi connectivity index (χ0) is 21.8. The first-order chi connectivity index (χ1) is 15.6. The van der Waals surface area contributed by atoms with Crippen molar-refractivity contribution < 1.29 is 14.4 Å². The van der Waals surface area contributed by atoms with Crippen LogP contribution >= 0.6 is 11.6 Å². The fourth-order valence-corrected chi connectivity index (χ4v) is 4.99. The first kappa shape index (κ1) is 19.7. The van der Waals surface area contributed by atoms with Crippen molar-refractivity contribution in [2.45, 2.75) is 38.5 Å². The molecule has 2 aromatic carbocycles. The predicted octanol–water partition coefficient (Wildman–Crippen LogP) is 4.92. The van der Waals surface area contributed by atoms with Crippen molar-refractivity contribution in [3.63, 3.8) is 0 Å². The van der Waals surface area contributed by atoms with Crippen molar-refractivity contribution in [2.75, 3.05) is 6.54 Å². The molecule has 6 nitrogen and oxygen atoms in total. The Hall–Kier alpha value is -2.93. The van der Waals surface area contributed by atoms with E-state index in [0.717, 1.165) is 75.4 Å². The van der Waals surface area contributed by atoms with Crippen molar-refractivity contribution in [1.29, 1.82) is 0 Å². The van der Waals surface area contributed by atoms with Crippen LogP contribution in [0.15, 0.2) is 47.1 Å². The van der Waals surface area contributed by atoms with Crippen LogP contribution in [0.4, 0.5) is 0 Å². The van der Waals surface area contributed by atoms with Crippen LogP contribution in [0.25, 0.3) is 22.0 Å². The highest BCUT2D eigenvalue weighted by Crippen LogP contribution is 2.47. The molecule has 2 aromatic heterocycles. The van der Waals surface area contributed by atoms with Gasteiger partial charge in [-0.25, -0.2) is 0 Å². The molecule has 0 bridgehead atoms. The summed E-state index contributed by atoms with van der Waals surface area (Å²) in [6.07, 6.45) is 2.55. The molecule has 32 heavy (non-hydrogen) atoms. The summed E-state index contributed by atoms with van der Waals surface area (Å²) < 4.78 is 12.2. The molecule has 0 spiro atoms. The van der Waals surface area contributed by atoms with Gasteiger partial charge in [-0.05, 0) is 42.3 Å². The Morgan fingerprint density at radius 2 is 2.09 bits per heavy atom. The smallest absolute Gasteiger partial charge is 0.182 e. The normalized spacial score (nSPS) is 18.3. The lowest BCUT2D eigenvalue weighted by atomic mass is 9.96. The van der Waals surface area contributed by atoms with Gasteiger partial charge in [0.15, 0.2) is 11.9 Å². The predicted molar refractivity (Wildman–Crippen MR) is 122 cm³/mol. The topological polar surface area (TPSA) is 80.4 Å². The minimum atomic E-state index is -0.549.